The predicted octanol–water partition coefficient (Wildman–Crippen LogP) is 3.06. The lowest BCUT2D eigenvalue weighted by Crippen LogP contribution is -1.70. The Balaban J connectivity index is 0.000000160. The molecule has 2 rings (SSSR count). The van der Waals surface area contributed by atoms with Crippen LogP contribution in [0, 0.1) is 11.6 Å². The van der Waals surface area contributed by atoms with Gasteiger partial charge < -0.3 is 10.2 Å². The Bertz CT molecular complexity index is 399. The van der Waals surface area contributed by atoms with Crippen LogP contribution >= 0.6 is 0 Å². The molecule has 0 saturated heterocycles. The van der Waals surface area contributed by atoms with E-state index in [1.165, 1.54) is 42.5 Å². The molecule has 84 valence electrons. The average molecular weight is 224 g/mol. The van der Waals surface area contributed by atoms with Crippen LogP contribution in [-0.2, 0) is 0 Å². The van der Waals surface area contributed by atoms with Crippen LogP contribution in [0.3, 0.4) is 0 Å². The molecule has 2 nitrogen and oxygen atoms in total. The van der Waals surface area contributed by atoms with E-state index < -0.39 is 5.82 Å². The molecule has 0 saturated carbocycles. The molecule has 0 aliphatic rings. The van der Waals surface area contributed by atoms with Crippen molar-refractivity contribution in [1.29, 1.82) is 0 Å². The molecule has 2 aromatic carbocycles. The van der Waals surface area contributed by atoms with Crippen molar-refractivity contribution < 1.29 is 19.0 Å². The summed E-state index contributed by atoms with van der Waals surface area (Å²) in [6, 6.07) is 10.6. The molecule has 0 heterocycles. The Hall–Kier alpha value is -2.10. The van der Waals surface area contributed by atoms with Crippen molar-refractivity contribution in [2.45, 2.75) is 0 Å². The molecule has 0 atom stereocenters. The predicted molar refractivity (Wildman–Crippen MR) is 56.1 cm³/mol. The van der Waals surface area contributed by atoms with Gasteiger partial charge in [-0.25, -0.2) is 8.78 Å². The molecule has 0 spiro atoms. The fourth-order valence-corrected chi connectivity index (χ4v) is 0.893. The van der Waals surface area contributed by atoms with E-state index in [2.05, 4.69) is 0 Å². The fraction of sp³-hybridized carbons (Fsp3) is 0. The Morgan fingerprint density at radius 1 is 0.750 bits per heavy atom. The van der Waals surface area contributed by atoms with Gasteiger partial charge in [0.05, 0.1) is 0 Å². The highest BCUT2D eigenvalue weighted by atomic mass is 19.1. The second-order valence-electron chi connectivity index (χ2n) is 2.93. The molecule has 0 aromatic heterocycles. The van der Waals surface area contributed by atoms with E-state index in [4.69, 9.17) is 10.2 Å². The summed E-state index contributed by atoms with van der Waals surface area (Å²) in [6.45, 7) is 0. The Morgan fingerprint density at radius 2 is 1.31 bits per heavy atom. The van der Waals surface area contributed by atoms with Crippen molar-refractivity contribution in [3.8, 4) is 11.5 Å². The number of phenolic OH excluding ortho intramolecular Hbond substituents is 2. The third kappa shape index (κ3) is 3.96. The molecule has 0 unspecified atom stereocenters. The summed E-state index contributed by atoms with van der Waals surface area (Å²) < 4.78 is 24.0. The van der Waals surface area contributed by atoms with Crippen LogP contribution in [0.2, 0.25) is 0 Å². The minimum atomic E-state index is -0.576. The summed E-state index contributed by atoms with van der Waals surface area (Å²) in [4.78, 5) is 0. The molecule has 0 amide bonds. The summed E-state index contributed by atoms with van der Waals surface area (Å²) in [5, 5.41) is 17.1. The molecule has 0 aliphatic carbocycles. The first-order valence-electron chi connectivity index (χ1n) is 4.47. The van der Waals surface area contributed by atoms with Gasteiger partial charge in [0.15, 0.2) is 11.6 Å². The smallest absolute Gasteiger partial charge is 0.164 e. The zero-order valence-electron chi connectivity index (χ0n) is 8.27. The first kappa shape index (κ1) is 12.0. The number of halogens is 2. The first-order chi connectivity index (χ1) is 7.59. The van der Waals surface area contributed by atoms with E-state index in [-0.39, 0.29) is 17.3 Å². The Labute approximate surface area is 91.4 Å². The summed E-state index contributed by atoms with van der Waals surface area (Å²) >= 11 is 0. The largest absolute Gasteiger partial charge is 0.508 e. The van der Waals surface area contributed by atoms with Gasteiger partial charge in [0.25, 0.3) is 0 Å². The standard InChI is InChI=1S/2C6H5FO/c7-5-1-3-6(8)4-2-5;7-5-3-1-2-4-6(5)8/h2*1-4,8H. The van der Waals surface area contributed by atoms with Crippen LogP contribution in [0.25, 0.3) is 0 Å². The molecule has 2 N–H and O–H groups in total. The summed E-state index contributed by atoms with van der Waals surface area (Å²) in [6.07, 6.45) is 0. The molecular formula is C12H10F2O2. The van der Waals surface area contributed by atoms with Gasteiger partial charge in [-0.15, -0.1) is 0 Å². The van der Waals surface area contributed by atoms with Crippen LogP contribution in [0.5, 0.6) is 11.5 Å². The van der Waals surface area contributed by atoms with Gasteiger partial charge in [-0.05, 0) is 36.4 Å². The monoisotopic (exact) mass is 224 g/mol. The maximum absolute atomic E-state index is 12.1. The minimum Gasteiger partial charge on any atom is -0.508 e. The third-order valence-electron chi connectivity index (χ3n) is 1.68. The number of aromatic hydroxyl groups is 2. The van der Waals surface area contributed by atoms with Gasteiger partial charge in [-0.3, -0.25) is 0 Å². The second kappa shape index (κ2) is 5.70. The average Bonchev–Trinajstić information content (AvgIpc) is 2.28. The molecule has 0 fully saturated rings. The van der Waals surface area contributed by atoms with Crippen LogP contribution in [0.15, 0.2) is 48.5 Å². The summed E-state index contributed by atoms with van der Waals surface area (Å²) in [7, 11) is 0. The van der Waals surface area contributed by atoms with E-state index in [9.17, 15) is 8.78 Å². The van der Waals surface area contributed by atoms with Gasteiger partial charge in [0, 0.05) is 0 Å². The summed E-state index contributed by atoms with van der Waals surface area (Å²) in [5.41, 5.74) is 0. The maximum Gasteiger partial charge on any atom is 0.164 e. The van der Waals surface area contributed by atoms with E-state index in [1.54, 1.807) is 6.07 Å². The van der Waals surface area contributed by atoms with Crippen molar-refractivity contribution in [2.75, 3.05) is 0 Å². The molecule has 4 heteroatoms. The van der Waals surface area contributed by atoms with Crippen molar-refractivity contribution in [3.63, 3.8) is 0 Å². The fourth-order valence-electron chi connectivity index (χ4n) is 0.893. The van der Waals surface area contributed by atoms with Crippen molar-refractivity contribution in [3.05, 3.63) is 60.2 Å². The van der Waals surface area contributed by atoms with Crippen molar-refractivity contribution in [2.24, 2.45) is 0 Å². The van der Waals surface area contributed by atoms with Crippen LogP contribution in [0.1, 0.15) is 0 Å². The number of phenols is 2. The zero-order chi connectivity index (χ0) is 12.0. The lowest BCUT2D eigenvalue weighted by Gasteiger charge is -1.88. The number of hydrogen-bond donors (Lipinski definition) is 2. The molecule has 2 aromatic rings. The molecule has 0 radical (unpaired) electrons. The lowest BCUT2D eigenvalue weighted by molar-refractivity contribution is 0.432. The van der Waals surface area contributed by atoms with E-state index in [0.717, 1.165) is 0 Å². The van der Waals surface area contributed by atoms with Crippen molar-refractivity contribution in [1.82, 2.24) is 0 Å². The Morgan fingerprint density at radius 3 is 1.69 bits per heavy atom. The van der Waals surface area contributed by atoms with Crippen LogP contribution in [0.4, 0.5) is 8.78 Å². The van der Waals surface area contributed by atoms with E-state index in [0.29, 0.717) is 0 Å². The van der Waals surface area contributed by atoms with Gasteiger partial charge >= 0.3 is 0 Å². The third-order valence-corrected chi connectivity index (χ3v) is 1.68. The highest BCUT2D eigenvalue weighted by Gasteiger charge is 1.92. The molecular weight excluding hydrogens is 214 g/mol. The minimum absolute atomic E-state index is 0.0893. The zero-order valence-corrected chi connectivity index (χ0v) is 8.27. The highest BCUT2D eigenvalue weighted by molar-refractivity contribution is 5.21. The van der Waals surface area contributed by atoms with Gasteiger partial charge in [0.1, 0.15) is 11.6 Å². The number of hydrogen-bond acceptors (Lipinski definition) is 2. The number of para-hydroxylation sites is 1. The molecule has 0 bridgehead atoms. The highest BCUT2D eigenvalue weighted by Crippen LogP contribution is 2.11. The van der Waals surface area contributed by atoms with E-state index >= 15 is 0 Å². The SMILES string of the molecule is Oc1ccc(F)cc1.Oc1ccccc1F. The van der Waals surface area contributed by atoms with Gasteiger partial charge in [-0.1, -0.05) is 12.1 Å². The van der Waals surface area contributed by atoms with Crippen molar-refractivity contribution >= 4 is 0 Å². The van der Waals surface area contributed by atoms with Gasteiger partial charge in [0.2, 0.25) is 0 Å². The first-order valence-corrected chi connectivity index (χ1v) is 4.47. The number of rotatable bonds is 0. The van der Waals surface area contributed by atoms with Crippen LogP contribution in [-0.4, -0.2) is 10.2 Å². The molecule has 0 aliphatic heterocycles. The Kier molecular flexibility index (Phi) is 4.27. The van der Waals surface area contributed by atoms with Crippen LogP contribution < -0.4 is 0 Å². The maximum atomic E-state index is 12.1. The normalized spacial score (nSPS) is 9.12. The lowest BCUT2D eigenvalue weighted by atomic mass is 10.3. The second-order valence-corrected chi connectivity index (χ2v) is 2.93. The molecule has 16 heavy (non-hydrogen) atoms. The quantitative estimate of drug-likeness (QED) is 0.722. The van der Waals surface area contributed by atoms with E-state index in [1.807, 2.05) is 0 Å². The topological polar surface area (TPSA) is 40.5 Å². The summed E-state index contributed by atoms with van der Waals surface area (Å²) in [5.74, 6) is -1.12. The number of benzene rings is 2. The van der Waals surface area contributed by atoms with Gasteiger partial charge in [-0.2, -0.15) is 0 Å².